The van der Waals surface area contributed by atoms with Crippen LogP contribution in [0.15, 0.2) is 12.2 Å². The van der Waals surface area contributed by atoms with Crippen LogP contribution in [0.2, 0.25) is 0 Å². The van der Waals surface area contributed by atoms with Gasteiger partial charge in [0.2, 0.25) is 0 Å². The van der Waals surface area contributed by atoms with Crippen molar-refractivity contribution in [3.05, 3.63) is 12.2 Å². The SMILES string of the molecule is CC(C)(C)OC(=O)NC1CC2C=CC1C2. The number of alkyl carbamates (subject to hydrolysis) is 1. The van der Waals surface area contributed by atoms with Gasteiger partial charge in [-0.05, 0) is 45.4 Å². The molecule has 84 valence electrons. The van der Waals surface area contributed by atoms with E-state index in [1.54, 1.807) is 0 Å². The molecule has 2 aliphatic carbocycles. The van der Waals surface area contributed by atoms with Crippen LogP contribution in [0.5, 0.6) is 0 Å². The molecule has 0 aromatic heterocycles. The lowest BCUT2D eigenvalue weighted by Gasteiger charge is -2.24. The summed E-state index contributed by atoms with van der Waals surface area (Å²) in [6, 6.07) is 0.287. The van der Waals surface area contributed by atoms with Gasteiger partial charge in [0.1, 0.15) is 5.60 Å². The Balaban J connectivity index is 1.83. The number of rotatable bonds is 1. The second kappa shape index (κ2) is 3.54. The van der Waals surface area contributed by atoms with Crippen LogP contribution in [0, 0.1) is 11.8 Å². The number of nitrogens with one attached hydrogen (secondary N) is 1. The molecule has 3 unspecified atom stereocenters. The summed E-state index contributed by atoms with van der Waals surface area (Å²) in [6.07, 6.45) is 6.46. The first-order valence-electron chi connectivity index (χ1n) is 5.62. The van der Waals surface area contributed by atoms with E-state index in [9.17, 15) is 4.79 Å². The first-order chi connectivity index (χ1) is 6.94. The van der Waals surface area contributed by atoms with Crippen molar-refractivity contribution in [2.75, 3.05) is 0 Å². The number of hydrogen-bond donors (Lipinski definition) is 1. The standard InChI is InChI=1S/C12H19NO2/c1-12(2,3)15-11(14)13-10-7-8-4-5-9(10)6-8/h4-5,8-10H,6-7H2,1-3H3,(H,13,14). The van der Waals surface area contributed by atoms with Crippen LogP contribution < -0.4 is 5.32 Å². The number of carbonyl (C=O) groups excluding carboxylic acids is 1. The molecule has 3 heteroatoms. The van der Waals surface area contributed by atoms with Gasteiger partial charge in [-0.1, -0.05) is 12.2 Å². The fourth-order valence-electron chi connectivity index (χ4n) is 2.41. The van der Waals surface area contributed by atoms with Crippen molar-refractivity contribution in [2.45, 2.75) is 45.3 Å². The topological polar surface area (TPSA) is 38.3 Å². The van der Waals surface area contributed by atoms with E-state index in [4.69, 9.17) is 4.74 Å². The molecule has 1 saturated carbocycles. The van der Waals surface area contributed by atoms with Crippen molar-refractivity contribution in [1.29, 1.82) is 0 Å². The summed E-state index contributed by atoms with van der Waals surface area (Å²) in [5, 5.41) is 2.95. The lowest BCUT2D eigenvalue weighted by molar-refractivity contribution is 0.0497. The number of fused-ring (bicyclic) bond motifs is 2. The smallest absolute Gasteiger partial charge is 0.407 e. The van der Waals surface area contributed by atoms with Crippen molar-refractivity contribution < 1.29 is 9.53 Å². The third-order valence-electron chi connectivity index (χ3n) is 2.98. The highest BCUT2D eigenvalue weighted by molar-refractivity contribution is 5.68. The van der Waals surface area contributed by atoms with Gasteiger partial charge in [0, 0.05) is 6.04 Å². The van der Waals surface area contributed by atoms with E-state index < -0.39 is 5.60 Å². The highest BCUT2D eigenvalue weighted by Crippen LogP contribution is 2.38. The van der Waals surface area contributed by atoms with E-state index in [2.05, 4.69) is 17.5 Å². The van der Waals surface area contributed by atoms with Crippen molar-refractivity contribution in [3.63, 3.8) is 0 Å². The Kier molecular flexibility index (Phi) is 2.49. The van der Waals surface area contributed by atoms with Crippen LogP contribution >= 0.6 is 0 Å². The second-order valence-corrected chi connectivity index (χ2v) is 5.53. The van der Waals surface area contributed by atoms with E-state index in [0.29, 0.717) is 11.8 Å². The minimum atomic E-state index is -0.405. The molecule has 0 radical (unpaired) electrons. The van der Waals surface area contributed by atoms with E-state index in [-0.39, 0.29) is 12.1 Å². The van der Waals surface area contributed by atoms with Crippen molar-refractivity contribution in [3.8, 4) is 0 Å². The van der Waals surface area contributed by atoms with Gasteiger partial charge in [-0.3, -0.25) is 0 Å². The summed E-state index contributed by atoms with van der Waals surface area (Å²) >= 11 is 0. The predicted molar refractivity (Wildman–Crippen MR) is 58.5 cm³/mol. The number of ether oxygens (including phenoxy) is 1. The maximum atomic E-state index is 11.5. The average molecular weight is 209 g/mol. The fourth-order valence-corrected chi connectivity index (χ4v) is 2.41. The monoisotopic (exact) mass is 209 g/mol. The highest BCUT2D eigenvalue weighted by Gasteiger charge is 2.37. The molecular weight excluding hydrogens is 190 g/mol. The molecular formula is C12H19NO2. The van der Waals surface area contributed by atoms with Crippen LogP contribution in [-0.2, 0) is 4.74 Å². The molecule has 0 spiro atoms. The van der Waals surface area contributed by atoms with Gasteiger partial charge >= 0.3 is 6.09 Å². The lowest BCUT2D eigenvalue weighted by atomic mass is 10.0. The lowest BCUT2D eigenvalue weighted by Crippen LogP contribution is -2.41. The molecule has 0 aromatic rings. The van der Waals surface area contributed by atoms with Gasteiger partial charge in [-0.2, -0.15) is 0 Å². The molecule has 0 aromatic carbocycles. The van der Waals surface area contributed by atoms with E-state index in [1.165, 1.54) is 6.42 Å². The number of carbonyl (C=O) groups is 1. The third kappa shape index (κ3) is 2.52. The molecule has 3 nitrogen and oxygen atoms in total. The Morgan fingerprint density at radius 3 is 2.53 bits per heavy atom. The largest absolute Gasteiger partial charge is 0.444 e. The molecule has 15 heavy (non-hydrogen) atoms. The second-order valence-electron chi connectivity index (χ2n) is 5.53. The van der Waals surface area contributed by atoms with Crippen LogP contribution in [0.3, 0.4) is 0 Å². The van der Waals surface area contributed by atoms with Crippen LogP contribution in [0.4, 0.5) is 4.79 Å². The molecule has 3 atom stereocenters. The van der Waals surface area contributed by atoms with Gasteiger partial charge in [-0.15, -0.1) is 0 Å². The molecule has 0 heterocycles. The van der Waals surface area contributed by atoms with Gasteiger partial charge in [0.15, 0.2) is 0 Å². The van der Waals surface area contributed by atoms with Crippen molar-refractivity contribution in [1.82, 2.24) is 5.32 Å². The zero-order chi connectivity index (χ0) is 11.1. The van der Waals surface area contributed by atoms with E-state index in [0.717, 1.165) is 6.42 Å². The summed E-state index contributed by atoms with van der Waals surface area (Å²) in [6.45, 7) is 5.65. The number of amides is 1. The Hall–Kier alpha value is -0.990. The zero-order valence-corrected chi connectivity index (χ0v) is 9.62. The van der Waals surface area contributed by atoms with Gasteiger partial charge in [0.05, 0.1) is 0 Å². The van der Waals surface area contributed by atoms with Crippen LogP contribution in [-0.4, -0.2) is 17.7 Å². The molecule has 2 rings (SSSR count). The summed E-state index contributed by atoms with van der Waals surface area (Å²) in [7, 11) is 0. The molecule has 1 N–H and O–H groups in total. The third-order valence-corrected chi connectivity index (χ3v) is 2.98. The molecule has 0 aliphatic heterocycles. The number of allylic oxidation sites excluding steroid dienone is 1. The Labute approximate surface area is 90.9 Å². The zero-order valence-electron chi connectivity index (χ0n) is 9.62. The summed E-state index contributed by atoms with van der Waals surface area (Å²) in [4.78, 5) is 11.5. The first-order valence-corrected chi connectivity index (χ1v) is 5.62. The maximum Gasteiger partial charge on any atom is 0.407 e. The Morgan fingerprint density at radius 2 is 2.07 bits per heavy atom. The van der Waals surface area contributed by atoms with Gasteiger partial charge in [0.25, 0.3) is 0 Å². The molecule has 1 fully saturated rings. The summed E-state index contributed by atoms with van der Waals surface area (Å²) in [5.74, 6) is 1.21. The minimum Gasteiger partial charge on any atom is -0.444 e. The van der Waals surface area contributed by atoms with Crippen molar-refractivity contribution in [2.24, 2.45) is 11.8 Å². The maximum absolute atomic E-state index is 11.5. The quantitative estimate of drug-likeness (QED) is 0.674. The Bertz CT molecular complexity index is 290. The Morgan fingerprint density at radius 1 is 1.33 bits per heavy atom. The fraction of sp³-hybridized carbons (Fsp3) is 0.750. The molecule has 0 saturated heterocycles. The molecule has 1 amide bonds. The van der Waals surface area contributed by atoms with Crippen molar-refractivity contribution >= 4 is 6.09 Å². The first kappa shape index (κ1) is 10.5. The average Bonchev–Trinajstić information content (AvgIpc) is 2.60. The van der Waals surface area contributed by atoms with E-state index >= 15 is 0 Å². The highest BCUT2D eigenvalue weighted by atomic mass is 16.6. The predicted octanol–water partition coefficient (Wildman–Crippen LogP) is 2.48. The van der Waals surface area contributed by atoms with Gasteiger partial charge < -0.3 is 10.1 Å². The molecule has 2 bridgehead atoms. The summed E-state index contributed by atoms with van der Waals surface area (Å²) in [5.41, 5.74) is -0.405. The van der Waals surface area contributed by atoms with Crippen LogP contribution in [0.25, 0.3) is 0 Å². The molecule has 2 aliphatic rings. The minimum absolute atomic E-state index is 0.284. The van der Waals surface area contributed by atoms with E-state index in [1.807, 2.05) is 20.8 Å². The summed E-state index contributed by atoms with van der Waals surface area (Å²) < 4.78 is 5.23. The number of hydrogen-bond acceptors (Lipinski definition) is 2. The van der Waals surface area contributed by atoms with Crippen LogP contribution in [0.1, 0.15) is 33.6 Å². The normalized spacial score (nSPS) is 33.1. The van der Waals surface area contributed by atoms with Gasteiger partial charge in [-0.25, -0.2) is 4.79 Å².